The van der Waals surface area contributed by atoms with Crippen molar-refractivity contribution in [3.8, 4) is 0 Å². The number of phosphoric ester groups is 1. The molecule has 1 unspecified atom stereocenters. The van der Waals surface area contributed by atoms with E-state index in [0.717, 1.165) is 19.3 Å². The standard InChI is InChI=1S/C28H56NO7P/c1-5-6-7-8-9-10-11-12-13-14-15-16-17-18-19-20-21-22-28(31)34-25-27(30)26-36-37(32,33)35-24-23-29(2,3)4/h12-13,27,30H,5-11,14-26H2,1-4H3/p+1/b13-12+/t27-/m1/s1. The molecule has 0 bridgehead atoms. The van der Waals surface area contributed by atoms with Gasteiger partial charge in [-0.25, -0.2) is 4.57 Å². The molecular weight excluding hydrogens is 493 g/mol. The number of ether oxygens (including phenoxy) is 1. The van der Waals surface area contributed by atoms with Crippen molar-refractivity contribution in [2.75, 3.05) is 47.5 Å². The molecule has 2 atom stereocenters. The maximum Gasteiger partial charge on any atom is 0.472 e. The zero-order valence-electron chi connectivity index (χ0n) is 24.2. The first-order valence-electron chi connectivity index (χ1n) is 14.5. The van der Waals surface area contributed by atoms with Crippen LogP contribution in [0, 0.1) is 0 Å². The van der Waals surface area contributed by atoms with E-state index in [1.165, 1.54) is 77.0 Å². The summed E-state index contributed by atoms with van der Waals surface area (Å²) in [4.78, 5) is 21.5. The lowest BCUT2D eigenvalue weighted by Crippen LogP contribution is -2.37. The van der Waals surface area contributed by atoms with Gasteiger partial charge in [-0.15, -0.1) is 0 Å². The molecule has 0 aromatic rings. The fourth-order valence-corrected chi connectivity index (χ4v) is 4.40. The predicted octanol–water partition coefficient (Wildman–Crippen LogP) is 6.55. The summed E-state index contributed by atoms with van der Waals surface area (Å²) < 4.78 is 27.1. The quantitative estimate of drug-likeness (QED) is 0.0414. The van der Waals surface area contributed by atoms with E-state index in [1.807, 2.05) is 21.1 Å². The number of rotatable bonds is 26. The summed E-state index contributed by atoms with van der Waals surface area (Å²) in [5.41, 5.74) is 0. The number of hydrogen-bond acceptors (Lipinski definition) is 6. The number of quaternary nitrogens is 1. The number of nitrogens with zero attached hydrogens (tertiary/aromatic N) is 1. The van der Waals surface area contributed by atoms with Crippen LogP contribution < -0.4 is 0 Å². The molecule has 0 saturated heterocycles. The molecule has 0 aliphatic heterocycles. The number of aliphatic hydroxyl groups excluding tert-OH is 1. The molecular formula is C28H57NO7P+. The zero-order valence-corrected chi connectivity index (χ0v) is 25.1. The van der Waals surface area contributed by atoms with Crippen molar-refractivity contribution in [2.45, 2.75) is 116 Å². The number of esters is 1. The van der Waals surface area contributed by atoms with Gasteiger partial charge in [0.1, 0.15) is 25.9 Å². The third kappa shape index (κ3) is 28.1. The van der Waals surface area contributed by atoms with Crippen molar-refractivity contribution in [3.05, 3.63) is 12.2 Å². The Morgan fingerprint density at radius 1 is 0.811 bits per heavy atom. The van der Waals surface area contributed by atoms with E-state index in [-0.39, 0.29) is 19.2 Å². The molecule has 0 aliphatic carbocycles. The topological polar surface area (TPSA) is 102 Å². The van der Waals surface area contributed by atoms with Crippen molar-refractivity contribution in [1.82, 2.24) is 0 Å². The van der Waals surface area contributed by atoms with Crippen LogP contribution in [-0.2, 0) is 23.1 Å². The Labute approximate surface area is 227 Å². The Kier molecular flexibility index (Phi) is 22.7. The van der Waals surface area contributed by atoms with Crippen LogP contribution in [0.5, 0.6) is 0 Å². The minimum atomic E-state index is -4.24. The van der Waals surface area contributed by atoms with Gasteiger partial charge in [-0.3, -0.25) is 13.8 Å². The SMILES string of the molecule is CCCCCCCC/C=C/CCCCCCCCCC(=O)OC[C@@H](O)COP(=O)(O)OCC[N+](C)(C)C. The maximum absolute atomic E-state index is 11.8. The number of phosphoric acid groups is 1. The fourth-order valence-electron chi connectivity index (χ4n) is 3.65. The van der Waals surface area contributed by atoms with Crippen molar-refractivity contribution in [3.63, 3.8) is 0 Å². The molecule has 9 heteroatoms. The van der Waals surface area contributed by atoms with Gasteiger partial charge in [-0.05, 0) is 32.1 Å². The number of unbranched alkanes of at least 4 members (excludes halogenated alkanes) is 13. The van der Waals surface area contributed by atoms with Crippen molar-refractivity contribution in [1.29, 1.82) is 0 Å². The first-order valence-corrected chi connectivity index (χ1v) is 16.0. The molecule has 0 aromatic heterocycles. The monoisotopic (exact) mass is 550 g/mol. The first kappa shape index (κ1) is 36.2. The molecule has 0 rings (SSSR count). The zero-order chi connectivity index (χ0) is 27.8. The van der Waals surface area contributed by atoms with Crippen molar-refractivity contribution in [2.24, 2.45) is 0 Å². The minimum absolute atomic E-state index is 0.0546. The normalized spacial score (nSPS) is 14.6. The molecule has 0 spiro atoms. The van der Waals surface area contributed by atoms with Crippen molar-refractivity contribution < 1.29 is 37.6 Å². The Hall–Kier alpha value is -0.760. The average Bonchev–Trinajstić information content (AvgIpc) is 2.82. The van der Waals surface area contributed by atoms with Gasteiger partial charge < -0.3 is 19.2 Å². The van der Waals surface area contributed by atoms with E-state index in [2.05, 4.69) is 19.1 Å². The third-order valence-electron chi connectivity index (χ3n) is 6.03. The lowest BCUT2D eigenvalue weighted by molar-refractivity contribution is -0.870. The summed E-state index contributed by atoms with van der Waals surface area (Å²) in [7, 11) is 1.56. The van der Waals surface area contributed by atoms with Gasteiger partial charge in [0.25, 0.3) is 0 Å². The van der Waals surface area contributed by atoms with Gasteiger partial charge in [0, 0.05) is 6.42 Å². The molecule has 0 fully saturated rings. The fraction of sp³-hybridized carbons (Fsp3) is 0.893. The van der Waals surface area contributed by atoms with Gasteiger partial charge in [0.15, 0.2) is 0 Å². The number of likely N-dealkylation sites (N-methyl/N-ethyl adjacent to an activating group) is 1. The average molecular weight is 551 g/mol. The molecule has 0 amide bonds. The Morgan fingerprint density at radius 2 is 1.32 bits per heavy atom. The van der Waals surface area contributed by atoms with Crippen LogP contribution in [0.4, 0.5) is 0 Å². The lowest BCUT2D eigenvalue weighted by Gasteiger charge is -2.24. The summed E-state index contributed by atoms with van der Waals surface area (Å²) in [5, 5.41) is 9.84. The molecule has 0 aromatic carbocycles. The number of allylic oxidation sites excluding steroid dienone is 2. The molecule has 0 saturated carbocycles. The Bertz CT molecular complexity index is 622. The summed E-state index contributed by atoms with van der Waals surface area (Å²) in [5.74, 6) is -0.377. The largest absolute Gasteiger partial charge is 0.472 e. The number of carbonyl (C=O) groups is 1. The highest BCUT2D eigenvalue weighted by Gasteiger charge is 2.24. The van der Waals surface area contributed by atoms with Gasteiger partial charge in [0.05, 0.1) is 27.7 Å². The second-order valence-electron chi connectivity index (χ2n) is 11.0. The summed E-state index contributed by atoms with van der Waals surface area (Å²) in [6.07, 6.45) is 22.1. The first-order chi connectivity index (χ1) is 17.6. The van der Waals surface area contributed by atoms with E-state index in [0.29, 0.717) is 17.4 Å². The van der Waals surface area contributed by atoms with E-state index in [1.54, 1.807) is 0 Å². The van der Waals surface area contributed by atoms with Crippen LogP contribution in [0.1, 0.15) is 110 Å². The van der Waals surface area contributed by atoms with Crippen LogP contribution in [0.2, 0.25) is 0 Å². The van der Waals surface area contributed by atoms with E-state index >= 15 is 0 Å². The Balaban J connectivity index is 3.54. The lowest BCUT2D eigenvalue weighted by atomic mass is 10.1. The predicted molar refractivity (Wildman–Crippen MR) is 150 cm³/mol. The highest BCUT2D eigenvalue weighted by Crippen LogP contribution is 2.43. The van der Waals surface area contributed by atoms with Crippen LogP contribution in [0.25, 0.3) is 0 Å². The van der Waals surface area contributed by atoms with Gasteiger partial charge in [-0.2, -0.15) is 0 Å². The number of hydrogen-bond donors (Lipinski definition) is 2. The molecule has 0 heterocycles. The van der Waals surface area contributed by atoms with E-state index in [4.69, 9.17) is 13.8 Å². The highest BCUT2D eigenvalue weighted by atomic mass is 31.2. The molecule has 2 N–H and O–H groups in total. The second-order valence-corrected chi connectivity index (χ2v) is 12.4. The summed E-state index contributed by atoms with van der Waals surface area (Å²) >= 11 is 0. The van der Waals surface area contributed by atoms with Crippen LogP contribution >= 0.6 is 7.82 Å². The second kappa shape index (κ2) is 23.2. The molecule has 220 valence electrons. The van der Waals surface area contributed by atoms with Gasteiger partial charge in [0.2, 0.25) is 0 Å². The number of aliphatic hydroxyl groups is 1. The molecule has 37 heavy (non-hydrogen) atoms. The summed E-state index contributed by atoms with van der Waals surface area (Å²) in [6, 6.07) is 0. The highest BCUT2D eigenvalue weighted by molar-refractivity contribution is 7.47. The molecule has 0 aliphatic rings. The van der Waals surface area contributed by atoms with Crippen LogP contribution in [0.15, 0.2) is 12.2 Å². The van der Waals surface area contributed by atoms with E-state index < -0.39 is 20.5 Å². The third-order valence-corrected chi connectivity index (χ3v) is 7.01. The maximum atomic E-state index is 11.8. The smallest absolute Gasteiger partial charge is 0.463 e. The Morgan fingerprint density at radius 3 is 1.86 bits per heavy atom. The van der Waals surface area contributed by atoms with Crippen LogP contribution in [-0.4, -0.2) is 74.1 Å². The van der Waals surface area contributed by atoms with Crippen molar-refractivity contribution >= 4 is 13.8 Å². The molecule has 8 nitrogen and oxygen atoms in total. The van der Waals surface area contributed by atoms with Gasteiger partial charge in [-0.1, -0.05) is 83.3 Å². The van der Waals surface area contributed by atoms with Gasteiger partial charge >= 0.3 is 13.8 Å². The number of carbonyl (C=O) groups excluding carboxylic acids is 1. The summed E-state index contributed by atoms with van der Waals surface area (Å²) in [6.45, 7) is 2.13. The van der Waals surface area contributed by atoms with Crippen LogP contribution in [0.3, 0.4) is 0 Å². The molecule has 0 radical (unpaired) electrons. The minimum Gasteiger partial charge on any atom is -0.463 e. The van der Waals surface area contributed by atoms with E-state index in [9.17, 15) is 19.4 Å².